The van der Waals surface area contributed by atoms with E-state index in [0.717, 1.165) is 15.3 Å². The lowest BCUT2D eigenvalue weighted by Gasteiger charge is -2.04. The number of hydrogen-bond acceptors (Lipinski definition) is 5. The third kappa shape index (κ3) is 3.43. The number of carbonyl (C=O) groups excluding carboxylic acids is 2. The lowest BCUT2D eigenvalue weighted by Crippen LogP contribution is -2.21. The maximum atomic E-state index is 11.7. The number of ether oxygens (including phenoxy) is 2. The Bertz CT molecular complexity index is 702. The molecule has 0 spiro atoms. The average molecular weight is 314 g/mol. The zero-order valence-corrected chi connectivity index (χ0v) is 12.5. The van der Waals surface area contributed by atoms with Crippen LogP contribution in [0.1, 0.15) is 11.3 Å². The highest BCUT2D eigenvalue weighted by atomic mass is 32.1. The van der Waals surface area contributed by atoms with Crippen LogP contribution in [0.3, 0.4) is 0 Å². The monoisotopic (exact) mass is 314 g/mol. The zero-order chi connectivity index (χ0) is 15.4. The Morgan fingerprint density at radius 3 is 2.77 bits per heavy atom. The van der Waals surface area contributed by atoms with Crippen LogP contribution in [-0.4, -0.2) is 24.6 Å². The minimum atomic E-state index is -0.764. The van der Waals surface area contributed by atoms with Crippen molar-refractivity contribution in [3.8, 4) is 10.4 Å². The molecule has 1 fully saturated rings. The molecular weight excluding hydrogens is 300 g/mol. The summed E-state index contributed by atoms with van der Waals surface area (Å²) in [4.78, 5) is 25.0. The zero-order valence-electron chi connectivity index (χ0n) is 11.7. The number of rotatable bonds is 4. The molecule has 1 aliphatic rings. The van der Waals surface area contributed by atoms with Gasteiger partial charge >= 0.3 is 11.9 Å². The van der Waals surface area contributed by atoms with E-state index in [-0.39, 0.29) is 0 Å². The van der Waals surface area contributed by atoms with Crippen LogP contribution in [0.2, 0.25) is 0 Å². The van der Waals surface area contributed by atoms with E-state index in [1.807, 2.05) is 42.5 Å². The first-order valence-electron chi connectivity index (χ1n) is 6.93. The van der Waals surface area contributed by atoms with Crippen molar-refractivity contribution in [1.29, 1.82) is 0 Å². The van der Waals surface area contributed by atoms with Crippen molar-refractivity contribution in [2.75, 3.05) is 6.61 Å². The summed E-state index contributed by atoms with van der Waals surface area (Å²) in [5.74, 6) is -0.997. The van der Waals surface area contributed by atoms with Crippen molar-refractivity contribution in [1.82, 2.24) is 0 Å². The molecule has 1 atom stereocenters. The van der Waals surface area contributed by atoms with Gasteiger partial charge in [0.1, 0.15) is 0 Å². The van der Waals surface area contributed by atoms with Crippen LogP contribution < -0.4 is 0 Å². The van der Waals surface area contributed by atoms with Gasteiger partial charge in [-0.15, -0.1) is 11.3 Å². The van der Waals surface area contributed by atoms with Crippen LogP contribution in [0, 0.1) is 0 Å². The third-order valence-corrected chi connectivity index (χ3v) is 4.31. The van der Waals surface area contributed by atoms with E-state index in [0.29, 0.717) is 13.0 Å². The first-order valence-corrected chi connectivity index (χ1v) is 7.74. The predicted molar refractivity (Wildman–Crippen MR) is 84.2 cm³/mol. The summed E-state index contributed by atoms with van der Waals surface area (Å²) in [5.41, 5.74) is 1.14. The van der Waals surface area contributed by atoms with E-state index in [1.165, 1.54) is 6.08 Å². The van der Waals surface area contributed by atoms with Crippen LogP contribution in [-0.2, 0) is 19.1 Å². The van der Waals surface area contributed by atoms with Crippen LogP contribution in [0.15, 0.2) is 48.5 Å². The van der Waals surface area contributed by atoms with E-state index in [9.17, 15) is 9.59 Å². The van der Waals surface area contributed by atoms with E-state index in [2.05, 4.69) is 0 Å². The van der Waals surface area contributed by atoms with E-state index in [1.54, 1.807) is 17.4 Å². The standard InChI is InChI=1S/C17H14O4S/c18-16(21-14-10-11-20-17(14)19)9-7-13-6-8-15(22-13)12-4-2-1-3-5-12/h1-9,14H,10-11H2/b9-7+/t14-/m1/s1. The highest BCUT2D eigenvalue weighted by Crippen LogP contribution is 2.28. The van der Waals surface area contributed by atoms with Crippen molar-refractivity contribution in [3.05, 3.63) is 53.4 Å². The van der Waals surface area contributed by atoms with Crippen molar-refractivity contribution >= 4 is 29.4 Å². The fraction of sp³-hybridized carbons (Fsp3) is 0.176. The lowest BCUT2D eigenvalue weighted by atomic mass is 10.2. The normalized spacial score (nSPS) is 17.6. The van der Waals surface area contributed by atoms with Gasteiger partial charge in [-0.25, -0.2) is 9.59 Å². The van der Waals surface area contributed by atoms with Crippen molar-refractivity contribution < 1.29 is 19.1 Å². The Labute approximate surface area is 132 Å². The predicted octanol–water partition coefficient (Wildman–Crippen LogP) is 3.29. The fourth-order valence-electron chi connectivity index (χ4n) is 2.11. The Morgan fingerprint density at radius 2 is 2.05 bits per heavy atom. The van der Waals surface area contributed by atoms with Gasteiger partial charge in [-0.05, 0) is 23.8 Å². The minimum Gasteiger partial charge on any atom is -0.463 e. The molecule has 22 heavy (non-hydrogen) atoms. The summed E-state index contributed by atoms with van der Waals surface area (Å²) in [6, 6.07) is 14.0. The van der Waals surface area contributed by atoms with Crippen molar-refractivity contribution in [3.63, 3.8) is 0 Å². The molecule has 2 heterocycles. The summed E-state index contributed by atoms with van der Waals surface area (Å²) < 4.78 is 9.78. The van der Waals surface area contributed by atoms with E-state index in [4.69, 9.17) is 9.47 Å². The first kappa shape index (κ1) is 14.5. The molecule has 0 aliphatic carbocycles. The molecule has 3 rings (SSSR count). The van der Waals surface area contributed by atoms with Gasteiger partial charge in [0, 0.05) is 22.3 Å². The summed E-state index contributed by atoms with van der Waals surface area (Å²) in [6.45, 7) is 0.311. The van der Waals surface area contributed by atoms with Crippen LogP contribution >= 0.6 is 11.3 Å². The lowest BCUT2D eigenvalue weighted by molar-refractivity contribution is -0.156. The number of hydrogen-bond donors (Lipinski definition) is 0. The summed E-state index contributed by atoms with van der Waals surface area (Å²) in [7, 11) is 0. The molecule has 0 amide bonds. The molecule has 1 aromatic carbocycles. The second kappa shape index (κ2) is 6.58. The number of cyclic esters (lactones) is 1. The maximum absolute atomic E-state index is 11.7. The summed E-state index contributed by atoms with van der Waals surface area (Å²) >= 11 is 1.59. The molecule has 112 valence electrons. The molecule has 5 heteroatoms. The first-order chi connectivity index (χ1) is 10.7. The van der Waals surface area contributed by atoms with Gasteiger partial charge in [0.05, 0.1) is 6.61 Å². The topological polar surface area (TPSA) is 52.6 Å². The second-order valence-electron chi connectivity index (χ2n) is 4.78. The van der Waals surface area contributed by atoms with E-state index < -0.39 is 18.0 Å². The molecule has 1 aromatic heterocycles. The molecule has 0 bridgehead atoms. The Balaban J connectivity index is 1.62. The average Bonchev–Trinajstić information content (AvgIpc) is 3.16. The van der Waals surface area contributed by atoms with Gasteiger partial charge in [0.15, 0.2) is 0 Å². The summed E-state index contributed by atoms with van der Waals surface area (Å²) in [6.07, 6.45) is 2.70. The van der Waals surface area contributed by atoms with Gasteiger partial charge in [0.2, 0.25) is 6.10 Å². The fourth-order valence-corrected chi connectivity index (χ4v) is 3.03. The molecule has 0 radical (unpaired) electrons. The Hall–Kier alpha value is -2.40. The second-order valence-corrected chi connectivity index (χ2v) is 5.90. The molecule has 0 N–H and O–H groups in total. The van der Waals surface area contributed by atoms with Crippen molar-refractivity contribution in [2.45, 2.75) is 12.5 Å². The van der Waals surface area contributed by atoms with Gasteiger partial charge in [-0.1, -0.05) is 30.3 Å². The highest BCUT2D eigenvalue weighted by molar-refractivity contribution is 7.16. The molecule has 0 saturated carbocycles. The quantitative estimate of drug-likeness (QED) is 0.642. The highest BCUT2D eigenvalue weighted by Gasteiger charge is 2.29. The molecule has 0 unspecified atom stereocenters. The molecule has 1 aliphatic heterocycles. The van der Waals surface area contributed by atoms with Gasteiger partial charge in [-0.2, -0.15) is 0 Å². The van der Waals surface area contributed by atoms with Crippen LogP contribution in [0.4, 0.5) is 0 Å². The smallest absolute Gasteiger partial charge is 0.347 e. The number of thiophene rings is 1. The largest absolute Gasteiger partial charge is 0.463 e. The van der Waals surface area contributed by atoms with Gasteiger partial charge in [-0.3, -0.25) is 0 Å². The number of carbonyl (C=O) groups is 2. The third-order valence-electron chi connectivity index (χ3n) is 3.21. The van der Waals surface area contributed by atoms with Crippen LogP contribution in [0.5, 0.6) is 0 Å². The number of esters is 2. The Morgan fingerprint density at radius 1 is 1.23 bits per heavy atom. The van der Waals surface area contributed by atoms with E-state index >= 15 is 0 Å². The van der Waals surface area contributed by atoms with Gasteiger partial charge in [0.25, 0.3) is 0 Å². The molecule has 1 saturated heterocycles. The van der Waals surface area contributed by atoms with Crippen LogP contribution in [0.25, 0.3) is 16.5 Å². The Kier molecular flexibility index (Phi) is 4.34. The number of benzene rings is 1. The molecule has 2 aromatic rings. The molecule has 4 nitrogen and oxygen atoms in total. The maximum Gasteiger partial charge on any atom is 0.347 e. The van der Waals surface area contributed by atoms with Gasteiger partial charge < -0.3 is 9.47 Å². The summed E-state index contributed by atoms with van der Waals surface area (Å²) in [5, 5.41) is 0. The minimum absolute atomic E-state index is 0.311. The molecular formula is C17H14O4S. The van der Waals surface area contributed by atoms with Crippen molar-refractivity contribution in [2.24, 2.45) is 0 Å². The SMILES string of the molecule is O=C(/C=C/c1ccc(-c2ccccc2)s1)O[C@@H]1CCOC1=O.